The molecule has 0 spiro atoms. The van der Waals surface area contributed by atoms with E-state index in [-0.39, 0.29) is 5.82 Å². The summed E-state index contributed by atoms with van der Waals surface area (Å²) < 4.78 is 13.2. The molecule has 0 aliphatic rings. The van der Waals surface area contributed by atoms with E-state index in [0.29, 0.717) is 18.2 Å². The van der Waals surface area contributed by atoms with Gasteiger partial charge in [0.2, 0.25) is 0 Å². The first-order valence-corrected chi connectivity index (χ1v) is 7.75. The van der Waals surface area contributed by atoms with Crippen LogP contribution in [0.3, 0.4) is 0 Å². The Morgan fingerprint density at radius 3 is 2.58 bits per heavy atom. The fourth-order valence-corrected chi connectivity index (χ4v) is 2.10. The topological polar surface area (TPSA) is 36.4 Å². The van der Waals surface area contributed by atoms with Gasteiger partial charge in [-0.25, -0.2) is 9.38 Å². The van der Waals surface area contributed by atoms with Crippen molar-refractivity contribution in [1.29, 1.82) is 0 Å². The molecule has 0 aromatic heterocycles. The molecule has 3 nitrogen and oxygen atoms in total. The lowest BCUT2D eigenvalue weighted by Gasteiger charge is -2.11. The normalized spacial score (nSPS) is 12.0. The van der Waals surface area contributed by atoms with Crippen LogP contribution in [-0.2, 0) is 6.54 Å². The van der Waals surface area contributed by atoms with Crippen molar-refractivity contribution in [2.45, 2.75) is 20.4 Å². The third-order valence-corrected chi connectivity index (χ3v) is 3.41. The van der Waals surface area contributed by atoms with Gasteiger partial charge < -0.3 is 10.6 Å². The number of rotatable bonds is 6. The number of allylic oxidation sites excluding steroid dienone is 1. The Morgan fingerprint density at radius 1 is 1.12 bits per heavy atom. The molecule has 0 atom stereocenters. The fraction of sp³-hybridized carbons (Fsp3) is 0.150. The molecule has 0 radical (unpaired) electrons. The fourth-order valence-electron chi connectivity index (χ4n) is 2.10. The number of benzene rings is 2. The van der Waals surface area contributed by atoms with Crippen LogP contribution in [0.25, 0.3) is 5.57 Å². The maximum absolute atomic E-state index is 13.2. The van der Waals surface area contributed by atoms with Crippen LogP contribution in [0.2, 0.25) is 0 Å². The molecule has 124 valence electrons. The predicted octanol–water partition coefficient (Wildman–Crippen LogP) is 4.46. The van der Waals surface area contributed by atoms with E-state index in [1.165, 1.54) is 17.7 Å². The van der Waals surface area contributed by atoms with Crippen molar-refractivity contribution in [2.24, 2.45) is 4.99 Å². The van der Waals surface area contributed by atoms with E-state index in [1.54, 1.807) is 12.3 Å². The van der Waals surface area contributed by atoms with E-state index < -0.39 is 0 Å². The third-order valence-electron chi connectivity index (χ3n) is 3.41. The van der Waals surface area contributed by atoms with Crippen LogP contribution in [0.15, 0.2) is 78.2 Å². The Kier molecular flexibility index (Phi) is 6.32. The molecule has 0 saturated carbocycles. The van der Waals surface area contributed by atoms with Crippen LogP contribution in [0.4, 0.5) is 4.39 Å². The van der Waals surface area contributed by atoms with E-state index in [2.05, 4.69) is 22.2 Å². The van der Waals surface area contributed by atoms with Gasteiger partial charge in [0.1, 0.15) is 11.7 Å². The molecule has 0 fully saturated rings. The maximum atomic E-state index is 13.2. The van der Waals surface area contributed by atoms with Gasteiger partial charge in [0.05, 0.1) is 5.82 Å². The number of halogens is 1. The van der Waals surface area contributed by atoms with Crippen LogP contribution in [0.1, 0.15) is 25.0 Å². The van der Waals surface area contributed by atoms with Crippen molar-refractivity contribution < 1.29 is 4.39 Å². The highest BCUT2D eigenvalue weighted by Gasteiger charge is 1.98. The number of hydrogen-bond acceptors (Lipinski definition) is 2. The molecule has 4 heteroatoms. The summed E-state index contributed by atoms with van der Waals surface area (Å²) in [5.74, 6) is 1.13. The largest absolute Gasteiger partial charge is 0.368 e. The molecule has 0 heterocycles. The summed E-state index contributed by atoms with van der Waals surface area (Å²) in [6.07, 6.45) is 1.71. The first-order valence-electron chi connectivity index (χ1n) is 7.75. The van der Waals surface area contributed by atoms with Gasteiger partial charge in [-0.15, -0.1) is 0 Å². The van der Waals surface area contributed by atoms with Gasteiger partial charge in [-0.3, -0.25) is 0 Å². The number of aliphatic imine (C=N–C) groups is 1. The van der Waals surface area contributed by atoms with Crippen molar-refractivity contribution in [1.82, 2.24) is 10.6 Å². The number of amidine groups is 1. The predicted molar refractivity (Wildman–Crippen MR) is 98.7 cm³/mol. The summed E-state index contributed by atoms with van der Waals surface area (Å²) in [6, 6.07) is 16.5. The number of nitrogens with one attached hydrogen (secondary N) is 2. The highest BCUT2D eigenvalue weighted by Crippen LogP contribution is 2.14. The second-order valence-corrected chi connectivity index (χ2v) is 5.48. The van der Waals surface area contributed by atoms with Crippen LogP contribution in [-0.4, -0.2) is 5.84 Å². The van der Waals surface area contributed by atoms with E-state index in [0.717, 1.165) is 11.1 Å². The average Bonchev–Trinajstić information content (AvgIpc) is 2.59. The molecule has 2 rings (SSSR count). The lowest BCUT2D eigenvalue weighted by atomic mass is 10.1. The minimum Gasteiger partial charge on any atom is -0.368 e. The van der Waals surface area contributed by atoms with Gasteiger partial charge in [-0.05, 0) is 42.7 Å². The van der Waals surface area contributed by atoms with Gasteiger partial charge in [-0.2, -0.15) is 0 Å². The molecule has 0 unspecified atom stereocenters. The van der Waals surface area contributed by atoms with E-state index >= 15 is 0 Å². The Hall–Kier alpha value is -2.88. The average molecular weight is 323 g/mol. The molecule has 0 aliphatic carbocycles. The molecule has 2 aromatic rings. The first kappa shape index (κ1) is 17.5. The zero-order valence-electron chi connectivity index (χ0n) is 14.0. The highest BCUT2D eigenvalue weighted by molar-refractivity contribution is 5.82. The molecule has 0 bridgehead atoms. The first-order chi connectivity index (χ1) is 11.5. The van der Waals surface area contributed by atoms with Crippen LogP contribution in [0, 0.1) is 5.82 Å². The molecular weight excluding hydrogens is 301 g/mol. The lowest BCUT2D eigenvalue weighted by Crippen LogP contribution is -2.28. The highest BCUT2D eigenvalue weighted by atomic mass is 19.1. The zero-order chi connectivity index (χ0) is 17.4. The van der Waals surface area contributed by atoms with Gasteiger partial charge >= 0.3 is 0 Å². The minimum absolute atomic E-state index is 0.252. The van der Waals surface area contributed by atoms with Crippen molar-refractivity contribution in [3.63, 3.8) is 0 Å². The second kappa shape index (κ2) is 8.67. The van der Waals surface area contributed by atoms with Crippen molar-refractivity contribution >= 4 is 11.4 Å². The molecule has 2 N–H and O–H groups in total. The molecule has 24 heavy (non-hydrogen) atoms. The molecule has 0 saturated heterocycles. The van der Waals surface area contributed by atoms with Gasteiger partial charge in [0, 0.05) is 12.7 Å². The van der Waals surface area contributed by atoms with Crippen molar-refractivity contribution in [3.8, 4) is 0 Å². The SMILES string of the molecule is C=C(NCc1ccccc1)NC(C)=N/C=C(\C)c1cccc(F)c1. The second-order valence-electron chi connectivity index (χ2n) is 5.48. The monoisotopic (exact) mass is 323 g/mol. The third kappa shape index (κ3) is 5.72. The summed E-state index contributed by atoms with van der Waals surface area (Å²) in [5, 5.41) is 6.29. The maximum Gasteiger partial charge on any atom is 0.123 e. The van der Waals surface area contributed by atoms with Crippen molar-refractivity contribution in [3.05, 3.63) is 90.1 Å². The van der Waals surface area contributed by atoms with E-state index in [4.69, 9.17) is 0 Å². The Bertz CT molecular complexity index is 748. The molecular formula is C20H22FN3. The summed E-state index contributed by atoms with van der Waals surface area (Å²) in [4.78, 5) is 4.35. The number of nitrogens with zero attached hydrogens (tertiary/aromatic N) is 1. The summed E-state index contributed by atoms with van der Waals surface area (Å²) in [7, 11) is 0. The van der Waals surface area contributed by atoms with Crippen LogP contribution >= 0.6 is 0 Å². The standard InChI is InChI=1S/C20H22FN3/c1-15(19-10-7-11-20(21)12-19)13-22-16(2)24-17(3)23-14-18-8-5-4-6-9-18/h4-13,23H,3,14H2,1-2H3,(H,22,24)/b15-13+. The van der Waals surface area contributed by atoms with Gasteiger partial charge in [0.25, 0.3) is 0 Å². The van der Waals surface area contributed by atoms with E-state index in [9.17, 15) is 4.39 Å². The van der Waals surface area contributed by atoms with Crippen LogP contribution in [0.5, 0.6) is 0 Å². The number of hydrogen-bond donors (Lipinski definition) is 2. The Morgan fingerprint density at radius 2 is 1.88 bits per heavy atom. The molecule has 0 aliphatic heterocycles. The summed E-state index contributed by atoms with van der Waals surface area (Å²) >= 11 is 0. The van der Waals surface area contributed by atoms with Gasteiger partial charge in [-0.1, -0.05) is 49.0 Å². The zero-order valence-corrected chi connectivity index (χ0v) is 14.0. The minimum atomic E-state index is -0.252. The Labute approximate surface area is 142 Å². The quantitative estimate of drug-likeness (QED) is 0.608. The smallest absolute Gasteiger partial charge is 0.123 e. The summed E-state index contributed by atoms with van der Waals surface area (Å²) in [6.45, 7) is 8.37. The summed E-state index contributed by atoms with van der Waals surface area (Å²) in [5.41, 5.74) is 2.88. The van der Waals surface area contributed by atoms with E-state index in [1.807, 2.05) is 50.2 Å². The molecule has 0 amide bonds. The Balaban J connectivity index is 1.88. The van der Waals surface area contributed by atoms with Crippen molar-refractivity contribution in [2.75, 3.05) is 0 Å². The molecule has 2 aromatic carbocycles. The lowest BCUT2D eigenvalue weighted by molar-refractivity contribution is 0.627. The van der Waals surface area contributed by atoms with Crippen LogP contribution < -0.4 is 10.6 Å². The van der Waals surface area contributed by atoms with Gasteiger partial charge in [0.15, 0.2) is 0 Å².